The van der Waals surface area contributed by atoms with E-state index in [-0.39, 0.29) is 18.2 Å². The van der Waals surface area contributed by atoms with Crippen molar-refractivity contribution in [1.29, 1.82) is 0 Å². The minimum absolute atomic E-state index is 0.125. The zero-order valence-corrected chi connectivity index (χ0v) is 11.6. The molecule has 2 saturated carbocycles. The number of hydrogen-bond acceptors (Lipinski definition) is 3. The topological polar surface area (TPSA) is 58.6 Å². The molecule has 0 spiro atoms. The molecule has 2 N–H and O–H groups in total. The van der Waals surface area contributed by atoms with Gasteiger partial charge < -0.3 is 15.2 Å². The molecule has 2 fully saturated rings. The number of amides is 1. The zero-order valence-electron chi connectivity index (χ0n) is 11.6. The number of aliphatic hydroxyl groups excluding tert-OH is 1. The Balaban J connectivity index is 1.80. The lowest BCUT2D eigenvalue weighted by Gasteiger charge is -2.32. The first-order chi connectivity index (χ1) is 8.33. The summed E-state index contributed by atoms with van der Waals surface area (Å²) in [7, 11) is 0. The third-order valence-corrected chi connectivity index (χ3v) is 4.01. The Bertz CT molecular complexity index is 311. The van der Waals surface area contributed by atoms with Crippen molar-refractivity contribution in [3.8, 4) is 0 Å². The second-order valence-corrected chi connectivity index (χ2v) is 6.80. The summed E-state index contributed by atoms with van der Waals surface area (Å²) in [6.07, 6.45) is 4.52. The summed E-state index contributed by atoms with van der Waals surface area (Å²) in [5, 5.41) is 12.6. The van der Waals surface area contributed by atoms with Crippen molar-refractivity contribution in [3.05, 3.63) is 0 Å². The first-order valence-electron chi connectivity index (χ1n) is 7.01. The summed E-state index contributed by atoms with van der Waals surface area (Å²) < 4.78 is 5.27. The Morgan fingerprint density at radius 1 is 1.17 bits per heavy atom. The molecule has 3 unspecified atom stereocenters. The van der Waals surface area contributed by atoms with Crippen LogP contribution in [-0.4, -0.2) is 28.9 Å². The van der Waals surface area contributed by atoms with E-state index in [4.69, 9.17) is 4.74 Å². The van der Waals surface area contributed by atoms with Crippen molar-refractivity contribution in [1.82, 2.24) is 5.32 Å². The smallest absolute Gasteiger partial charge is 0.407 e. The van der Waals surface area contributed by atoms with E-state index < -0.39 is 5.60 Å². The van der Waals surface area contributed by atoms with Gasteiger partial charge in [-0.05, 0) is 64.7 Å². The summed E-state index contributed by atoms with van der Waals surface area (Å²) in [5.41, 5.74) is -0.440. The fourth-order valence-electron chi connectivity index (χ4n) is 3.33. The summed E-state index contributed by atoms with van der Waals surface area (Å²) in [4.78, 5) is 11.7. The van der Waals surface area contributed by atoms with E-state index in [1.165, 1.54) is 0 Å². The molecule has 0 aromatic carbocycles. The van der Waals surface area contributed by atoms with E-state index in [0.717, 1.165) is 32.1 Å². The van der Waals surface area contributed by atoms with E-state index in [1.807, 2.05) is 20.8 Å². The predicted octanol–water partition coefficient (Wildman–Crippen LogP) is 2.45. The largest absolute Gasteiger partial charge is 0.444 e. The van der Waals surface area contributed by atoms with Crippen LogP contribution in [0.5, 0.6) is 0 Å². The van der Waals surface area contributed by atoms with Gasteiger partial charge in [-0.1, -0.05) is 0 Å². The summed E-state index contributed by atoms with van der Waals surface area (Å²) in [6, 6.07) is 0.214. The highest BCUT2D eigenvalue weighted by molar-refractivity contribution is 5.68. The number of fused-ring (bicyclic) bond motifs is 1. The number of alkyl carbamates (subject to hydrolysis) is 1. The van der Waals surface area contributed by atoms with Crippen LogP contribution in [0.4, 0.5) is 4.79 Å². The van der Waals surface area contributed by atoms with Crippen LogP contribution in [-0.2, 0) is 4.74 Å². The molecule has 0 saturated heterocycles. The highest BCUT2D eigenvalue weighted by atomic mass is 16.6. The minimum atomic E-state index is -0.440. The predicted molar refractivity (Wildman–Crippen MR) is 69.2 cm³/mol. The van der Waals surface area contributed by atoms with Crippen LogP contribution >= 0.6 is 0 Å². The van der Waals surface area contributed by atoms with Crippen molar-refractivity contribution >= 4 is 6.09 Å². The van der Waals surface area contributed by atoms with Crippen LogP contribution in [0.2, 0.25) is 0 Å². The van der Waals surface area contributed by atoms with Crippen molar-refractivity contribution in [2.75, 3.05) is 0 Å². The number of carbonyl (C=O) groups is 1. The van der Waals surface area contributed by atoms with Gasteiger partial charge in [-0.2, -0.15) is 0 Å². The minimum Gasteiger partial charge on any atom is -0.444 e. The van der Waals surface area contributed by atoms with Gasteiger partial charge in [0.1, 0.15) is 5.60 Å². The molecular weight excluding hydrogens is 230 g/mol. The zero-order chi connectivity index (χ0) is 13.3. The van der Waals surface area contributed by atoms with Crippen LogP contribution < -0.4 is 5.32 Å². The Morgan fingerprint density at radius 3 is 2.50 bits per heavy atom. The molecule has 4 nitrogen and oxygen atoms in total. The third-order valence-electron chi connectivity index (χ3n) is 4.01. The Morgan fingerprint density at radius 2 is 1.83 bits per heavy atom. The maximum atomic E-state index is 11.7. The molecule has 2 aliphatic rings. The van der Waals surface area contributed by atoms with Gasteiger partial charge >= 0.3 is 6.09 Å². The normalized spacial score (nSPS) is 36.0. The molecule has 0 bridgehead atoms. The van der Waals surface area contributed by atoms with Gasteiger partial charge in [0.25, 0.3) is 0 Å². The number of hydrogen-bond donors (Lipinski definition) is 2. The van der Waals surface area contributed by atoms with Gasteiger partial charge in [0.2, 0.25) is 0 Å². The number of rotatable bonds is 1. The molecule has 2 rings (SSSR count). The van der Waals surface area contributed by atoms with Crippen molar-refractivity contribution in [2.24, 2.45) is 11.8 Å². The Labute approximate surface area is 109 Å². The molecule has 1 amide bonds. The lowest BCUT2D eigenvalue weighted by atomic mass is 9.79. The van der Waals surface area contributed by atoms with Gasteiger partial charge in [0.05, 0.1) is 6.10 Å². The average Bonchev–Trinajstić information content (AvgIpc) is 2.53. The molecule has 104 valence electrons. The van der Waals surface area contributed by atoms with Crippen LogP contribution in [0, 0.1) is 11.8 Å². The highest BCUT2D eigenvalue weighted by Crippen LogP contribution is 2.42. The fourth-order valence-corrected chi connectivity index (χ4v) is 3.33. The first kappa shape index (κ1) is 13.7. The third kappa shape index (κ3) is 3.61. The summed E-state index contributed by atoms with van der Waals surface area (Å²) in [5.74, 6) is 1.24. The fraction of sp³-hybridized carbons (Fsp3) is 0.929. The van der Waals surface area contributed by atoms with E-state index in [9.17, 15) is 9.90 Å². The van der Waals surface area contributed by atoms with Crippen molar-refractivity contribution in [3.63, 3.8) is 0 Å². The molecule has 4 atom stereocenters. The molecule has 0 aromatic rings. The Hall–Kier alpha value is -0.770. The molecule has 0 heterocycles. The molecule has 4 heteroatoms. The van der Waals surface area contributed by atoms with Crippen LogP contribution in [0.15, 0.2) is 0 Å². The maximum absolute atomic E-state index is 11.7. The van der Waals surface area contributed by atoms with Crippen molar-refractivity contribution < 1.29 is 14.6 Å². The van der Waals surface area contributed by atoms with E-state index in [0.29, 0.717) is 11.8 Å². The second kappa shape index (κ2) is 5.08. The maximum Gasteiger partial charge on any atom is 0.407 e. The summed E-state index contributed by atoms with van der Waals surface area (Å²) in [6.45, 7) is 5.62. The van der Waals surface area contributed by atoms with Crippen LogP contribution in [0.1, 0.15) is 52.9 Å². The van der Waals surface area contributed by atoms with Crippen LogP contribution in [0.3, 0.4) is 0 Å². The number of ether oxygens (including phenoxy) is 1. The molecule has 0 aromatic heterocycles. The van der Waals surface area contributed by atoms with E-state index >= 15 is 0 Å². The van der Waals surface area contributed by atoms with Crippen molar-refractivity contribution in [2.45, 2.75) is 70.6 Å². The van der Waals surface area contributed by atoms with Gasteiger partial charge in [0.15, 0.2) is 0 Å². The standard InChI is InChI=1S/C14H25NO3/c1-14(2,3)18-13(17)15-11-5-4-9-7-12(16)8-10(9)6-11/h9-12,16H,4-8H2,1-3H3,(H,15,17)/t9?,10?,11-,12?/m0/s1. The lowest BCUT2D eigenvalue weighted by Crippen LogP contribution is -2.42. The quantitative estimate of drug-likeness (QED) is 0.756. The number of nitrogens with one attached hydrogen (secondary N) is 1. The average molecular weight is 255 g/mol. The Kier molecular flexibility index (Phi) is 3.85. The molecule has 0 radical (unpaired) electrons. The van der Waals surface area contributed by atoms with E-state index in [2.05, 4.69) is 5.32 Å². The monoisotopic (exact) mass is 255 g/mol. The molecule has 18 heavy (non-hydrogen) atoms. The first-order valence-corrected chi connectivity index (χ1v) is 7.01. The van der Waals surface area contributed by atoms with Gasteiger partial charge in [-0.25, -0.2) is 4.79 Å². The summed E-state index contributed by atoms with van der Waals surface area (Å²) >= 11 is 0. The molecule has 2 aliphatic carbocycles. The van der Waals surface area contributed by atoms with Gasteiger partial charge in [-0.15, -0.1) is 0 Å². The SMILES string of the molecule is CC(C)(C)OC(=O)N[C@H]1CCC2CC(O)CC2C1. The van der Waals surface area contributed by atoms with Gasteiger partial charge in [0, 0.05) is 6.04 Å². The molecular formula is C14H25NO3. The number of aliphatic hydroxyl groups is 1. The number of carbonyl (C=O) groups excluding carboxylic acids is 1. The second-order valence-electron chi connectivity index (χ2n) is 6.80. The lowest BCUT2D eigenvalue weighted by molar-refractivity contribution is 0.0476. The molecule has 0 aliphatic heterocycles. The highest BCUT2D eigenvalue weighted by Gasteiger charge is 2.38. The van der Waals surface area contributed by atoms with E-state index in [1.54, 1.807) is 0 Å². The van der Waals surface area contributed by atoms with Crippen LogP contribution in [0.25, 0.3) is 0 Å². The van der Waals surface area contributed by atoms with Gasteiger partial charge in [-0.3, -0.25) is 0 Å².